The van der Waals surface area contributed by atoms with Crippen molar-refractivity contribution in [1.29, 1.82) is 0 Å². The molecule has 0 aliphatic rings. The molecule has 1 aromatic carbocycles. The normalized spacial score (nSPS) is 11.0. The van der Waals surface area contributed by atoms with E-state index in [2.05, 4.69) is 12.2 Å². The van der Waals surface area contributed by atoms with E-state index >= 15 is 0 Å². The summed E-state index contributed by atoms with van der Waals surface area (Å²) in [5, 5.41) is 20.7. The van der Waals surface area contributed by atoms with Gasteiger partial charge in [-0.3, -0.25) is 4.79 Å². The molecule has 1 rings (SSSR count). The molecule has 0 aromatic heterocycles. The molecular formula is C19H27NO6. The van der Waals surface area contributed by atoms with Gasteiger partial charge >= 0.3 is 17.8 Å². The summed E-state index contributed by atoms with van der Waals surface area (Å²) in [6.07, 6.45) is 6.06. The van der Waals surface area contributed by atoms with E-state index in [1.54, 1.807) is 13.8 Å². The van der Waals surface area contributed by atoms with Crippen LogP contribution < -0.4 is 5.32 Å². The number of amides is 1. The van der Waals surface area contributed by atoms with Crippen molar-refractivity contribution in [2.75, 3.05) is 5.32 Å². The van der Waals surface area contributed by atoms with Gasteiger partial charge in [-0.15, -0.1) is 0 Å². The first-order chi connectivity index (χ1) is 12.2. The highest BCUT2D eigenvalue weighted by Crippen LogP contribution is 2.22. The summed E-state index contributed by atoms with van der Waals surface area (Å²) in [7, 11) is 0. The van der Waals surface area contributed by atoms with Gasteiger partial charge in [0.15, 0.2) is 0 Å². The molecule has 7 heteroatoms. The molecule has 0 unspecified atom stereocenters. The van der Waals surface area contributed by atoms with Crippen molar-refractivity contribution in [3.63, 3.8) is 0 Å². The Kier molecular flexibility index (Phi) is 8.09. The highest BCUT2D eigenvalue weighted by atomic mass is 16.6. The third kappa shape index (κ3) is 7.13. The van der Waals surface area contributed by atoms with Gasteiger partial charge in [0.05, 0.1) is 0 Å². The maximum Gasteiger partial charge on any atom is 0.397 e. The number of hydrogen-bond acceptors (Lipinski definition) is 5. The molecule has 0 spiro atoms. The quantitative estimate of drug-likeness (QED) is 0.266. The number of phenols is 1. The Morgan fingerprint density at radius 1 is 1.12 bits per heavy atom. The molecule has 0 atom stereocenters. The summed E-state index contributed by atoms with van der Waals surface area (Å²) in [6.45, 7) is 5.64. The van der Waals surface area contributed by atoms with Gasteiger partial charge in [-0.1, -0.05) is 32.6 Å². The lowest BCUT2D eigenvalue weighted by Crippen LogP contribution is -2.34. The summed E-state index contributed by atoms with van der Waals surface area (Å²) in [4.78, 5) is 34.9. The number of carboxylic acid groups (broad SMARTS) is 1. The highest BCUT2D eigenvalue weighted by molar-refractivity contribution is 6.37. The van der Waals surface area contributed by atoms with Crippen LogP contribution in [0, 0.1) is 0 Å². The third-order valence-corrected chi connectivity index (χ3v) is 3.92. The molecule has 0 aliphatic carbocycles. The molecule has 0 radical (unpaired) electrons. The number of carbonyl (C=O) groups is 3. The van der Waals surface area contributed by atoms with Crippen LogP contribution >= 0.6 is 0 Å². The zero-order valence-electron chi connectivity index (χ0n) is 15.5. The maximum absolute atomic E-state index is 12.0. The Balaban J connectivity index is 2.58. The van der Waals surface area contributed by atoms with Crippen molar-refractivity contribution in [2.45, 2.75) is 64.9 Å². The first-order valence-corrected chi connectivity index (χ1v) is 8.77. The fourth-order valence-electron chi connectivity index (χ4n) is 2.47. The Morgan fingerprint density at radius 2 is 1.77 bits per heavy atom. The molecule has 7 nitrogen and oxygen atoms in total. The fourth-order valence-corrected chi connectivity index (χ4v) is 2.47. The van der Waals surface area contributed by atoms with Gasteiger partial charge in [-0.05, 0) is 44.9 Å². The SMILES string of the molecule is CCCCCCCC(C)(C)OC(=O)C(=O)Nc1ccc(O)c(C(=O)O)c1. The minimum atomic E-state index is -1.34. The molecule has 1 aromatic rings. The fraction of sp³-hybridized carbons (Fsp3) is 0.526. The summed E-state index contributed by atoms with van der Waals surface area (Å²) >= 11 is 0. The molecule has 0 fully saturated rings. The van der Waals surface area contributed by atoms with Gasteiger partial charge in [0, 0.05) is 5.69 Å². The summed E-state index contributed by atoms with van der Waals surface area (Å²) < 4.78 is 5.26. The van der Waals surface area contributed by atoms with Gasteiger partial charge in [0.1, 0.15) is 16.9 Å². The molecule has 0 saturated carbocycles. The van der Waals surface area contributed by atoms with Gasteiger partial charge in [0.2, 0.25) is 0 Å². The highest BCUT2D eigenvalue weighted by Gasteiger charge is 2.27. The van der Waals surface area contributed by atoms with E-state index in [0.29, 0.717) is 6.42 Å². The van der Waals surface area contributed by atoms with Crippen molar-refractivity contribution in [2.24, 2.45) is 0 Å². The lowest BCUT2D eigenvalue weighted by Gasteiger charge is -2.24. The van der Waals surface area contributed by atoms with Crippen LogP contribution in [0.1, 0.15) is 69.7 Å². The van der Waals surface area contributed by atoms with Gasteiger partial charge in [-0.25, -0.2) is 9.59 Å². The minimum absolute atomic E-state index is 0.0829. The number of ether oxygens (including phenoxy) is 1. The molecule has 0 heterocycles. The van der Waals surface area contributed by atoms with Crippen LogP contribution in [0.3, 0.4) is 0 Å². The molecule has 144 valence electrons. The largest absolute Gasteiger partial charge is 0.507 e. The van der Waals surface area contributed by atoms with Crippen LogP contribution in [-0.4, -0.2) is 33.7 Å². The average Bonchev–Trinajstić information content (AvgIpc) is 2.55. The number of unbranched alkanes of at least 4 members (excludes halogenated alkanes) is 4. The van der Waals surface area contributed by atoms with Crippen LogP contribution in [0.25, 0.3) is 0 Å². The molecule has 1 amide bonds. The van der Waals surface area contributed by atoms with Crippen LogP contribution in [0.5, 0.6) is 5.75 Å². The second kappa shape index (κ2) is 9.79. The van der Waals surface area contributed by atoms with E-state index in [4.69, 9.17) is 9.84 Å². The summed E-state index contributed by atoms with van der Waals surface area (Å²) in [6, 6.07) is 3.50. The van der Waals surface area contributed by atoms with Crippen LogP contribution in [-0.2, 0) is 14.3 Å². The van der Waals surface area contributed by atoms with Crippen molar-refractivity contribution >= 4 is 23.5 Å². The van der Waals surface area contributed by atoms with Crippen LogP contribution in [0.4, 0.5) is 5.69 Å². The van der Waals surface area contributed by atoms with Crippen LogP contribution in [0.2, 0.25) is 0 Å². The zero-order chi connectivity index (χ0) is 19.7. The standard InChI is InChI=1S/C19H27NO6/c1-4-5-6-7-8-11-19(2,3)26-18(25)16(22)20-13-9-10-15(21)14(12-13)17(23)24/h9-10,12,21H,4-8,11H2,1-3H3,(H,20,22)(H,23,24). The van der Waals surface area contributed by atoms with E-state index in [1.165, 1.54) is 12.5 Å². The van der Waals surface area contributed by atoms with Crippen molar-refractivity contribution in [3.8, 4) is 5.75 Å². The predicted octanol–water partition coefficient (Wildman–Crippen LogP) is 3.71. The number of hydrogen-bond donors (Lipinski definition) is 3. The molecule has 0 bridgehead atoms. The number of esters is 1. The molecule has 3 N–H and O–H groups in total. The Morgan fingerprint density at radius 3 is 2.38 bits per heavy atom. The lowest BCUT2D eigenvalue weighted by molar-refractivity contribution is -0.163. The number of rotatable bonds is 9. The minimum Gasteiger partial charge on any atom is -0.507 e. The lowest BCUT2D eigenvalue weighted by atomic mass is 9.99. The Labute approximate surface area is 153 Å². The van der Waals surface area contributed by atoms with Gasteiger partial charge in [-0.2, -0.15) is 0 Å². The number of carbonyl (C=O) groups excluding carboxylic acids is 2. The summed E-state index contributed by atoms with van der Waals surface area (Å²) in [5.41, 5.74) is -1.05. The maximum atomic E-state index is 12.0. The molecular weight excluding hydrogens is 338 g/mol. The smallest absolute Gasteiger partial charge is 0.397 e. The Bertz CT molecular complexity index is 653. The molecule has 0 aliphatic heterocycles. The second-order valence-electron chi connectivity index (χ2n) is 6.80. The Hall–Kier alpha value is -2.57. The van der Waals surface area contributed by atoms with E-state index in [9.17, 15) is 19.5 Å². The van der Waals surface area contributed by atoms with E-state index in [0.717, 1.165) is 37.8 Å². The van der Waals surface area contributed by atoms with Crippen molar-refractivity contribution in [3.05, 3.63) is 23.8 Å². The van der Waals surface area contributed by atoms with E-state index in [-0.39, 0.29) is 11.3 Å². The number of anilines is 1. The monoisotopic (exact) mass is 365 g/mol. The number of carboxylic acids is 1. The number of aromatic carboxylic acids is 1. The van der Waals surface area contributed by atoms with Gasteiger partial charge in [0.25, 0.3) is 0 Å². The van der Waals surface area contributed by atoms with Gasteiger partial charge < -0.3 is 20.3 Å². The first-order valence-electron chi connectivity index (χ1n) is 8.77. The molecule has 0 saturated heterocycles. The van der Waals surface area contributed by atoms with Crippen molar-refractivity contribution in [1.82, 2.24) is 0 Å². The number of nitrogens with one attached hydrogen (secondary N) is 1. The number of aromatic hydroxyl groups is 1. The van der Waals surface area contributed by atoms with E-state index in [1.807, 2.05) is 0 Å². The van der Waals surface area contributed by atoms with Crippen molar-refractivity contribution < 1.29 is 29.3 Å². The topological polar surface area (TPSA) is 113 Å². The second-order valence-corrected chi connectivity index (χ2v) is 6.80. The zero-order valence-corrected chi connectivity index (χ0v) is 15.5. The first kappa shape index (κ1) is 21.5. The van der Waals surface area contributed by atoms with Crippen LogP contribution in [0.15, 0.2) is 18.2 Å². The van der Waals surface area contributed by atoms with E-state index < -0.39 is 29.2 Å². The average molecular weight is 365 g/mol. The summed E-state index contributed by atoms with van der Waals surface area (Å²) in [5.74, 6) is -3.80. The third-order valence-electron chi connectivity index (χ3n) is 3.92. The number of benzene rings is 1. The predicted molar refractivity (Wildman–Crippen MR) is 97.2 cm³/mol. The molecule has 26 heavy (non-hydrogen) atoms.